The Hall–Kier alpha value is -0.800. The van der Waals surface area contributed by atoms with Crippen LogP contribution in [0.1, 0.15) is 44.9 Å². The first kappa shape index (κ1) is 16.6. The molecule has 0 aliphatic carbocycles. The van der Waals surface area contributed by atoms with Crippen molar-refractivity contribution in [1.82, 2.24) is 0 Å². The van der Waals surface area contributed by atoms with Crippen LogP contribution in [0.2, 0.25) is 0 Å². The van der Waals surface area contributed by atoms with Crippen molar-refractivity contribution >= 4 is 37.5 Å². The van der Waals surface area contributed by atoms with Crippen molar-refractivity contribution in [2.75, 3.05) is 5.32 Å². The lowest BCUT2D eigenvalue weighted by Gasteiger charge is -2.22. The van der Waals surface area contributed by atoms with Crippen LogP contribution in [0.3, 0.4) is 0 Å². The molecule has 2 aromatic carbocycles. The number of hydrogen-bond acceptors (Lipinski definition) is 1. The van der Waals surface area contributed by atoms with Crippen molar-refractivity contribution in [3.05, 3.63) is 62.5 Å². The first-order valence-electron chi connectivity index (χ1n) is 7.10. The van der Waals surface area contributed by atoms with E-state index >= 15 is 0 Å². The van der Waals surface area contributed by atoms with Crippen LogP contribution in [0.5, 0.6) is 0 Å². The molecule has 0 radical (unpaired) electrons. The van der Waals surface area contributed by atoms with Crippen LogP contribution in [0.25, 0.3) is 0 Å². The Bertz CT molecular complexity index is 592. The van der Waals surface area contributed by atoms with Gasteiger partial charge in [-0.2, -0.15) is 0 Å². The summed E-state index contributed by atoms with van der Waals surface area (Å²) in [5.74, 6) is 0. The highest BCUT2D eigenvalue weighted by molar-refractivity contribution is 9.11. The van der Waals surface area contributed by atoms with Crippen molar-refractivity contribution < 1.29 is 0 Å². The Labute approximate surface area is 144 Å². The maximum absolute atomic E-state index is 3.59. The van der Waals surface area contributed by atoms with E-state index in [1.165, 1.54) is 11.1 Å². The molecule has 1 atom stereocenters. The van der Waals surface area contributed by atoms with E-state index in [1.54, 1.807) is 0 Å². The SMILES string of the molecule is CC(Nc1c(Br)cccc1Br)c1ccc(C(C)(C)C)cc1. The molecule has 1 N–H and O–H groups in total. The highest BCUT2D eigenvalue weighted by atomic mass is 79.9. The van der Waals surface area contributed by atoms with E-state index in [2.05, 4.69) is 89.1 Å². The first-order valence-corrected chi connectivity index (χ1v) is 8.68. The molecule has 112 valence electrons. The standard InChI is InChI=1S/C18H21Br2N/c1-12(21-17-15(19)6-5-7-16(17)20)13-8-10-14(11-9-13)18(2,3)4/h5-12,21H,1-4H3. The van der Waals surface area contributed by atoms with Crippen molar-refractivity contribution in [3.63, 3.8) is 0 Å². The smallest absolute Gasteiger partial charge is 0.0633 e. The summed E-state index contributed by atoms with van der Waals surface area (Å²) in [7, 11) is 0. The molecule has 2 aromatic rings. The number of para-hydroxylation sites is 1. The van der Waals surface area contributed by atoms with E-state index in [9.17, 15) is 0 Å². The summed E-state index contributed by atoms with van der Waals surface area (Å²) in [6.07, 6.45) is 0. The van der Waals surface area contributed by atoms with E-state index in [1.807, 2.05) is 18.2 Å². The zero-order valence-electron chi connectivity index (χ0n) is 12.9. The largest absolute Gasteiger partial charge is 0.377 e. The molecule has 0 saturated heterocycles. The van der Waals surface area contributed by atoms with E-state index in [0.717, 1.165) is 14.6 Å². The Morgan fingerprint density at radius 1 is 0.905 bits per heavy atom. The Balaban J connectivity index is 2.19. The average molecular weight is 411 g/mol. The molecule has 3 heteroatoms. The maximum atomic E-state index is 3.59. The van der Waals surface area contributed by atoms with Crippen LogP contribution in [0.15, 0.2) is 51.4 Å². The summed E-state index contributed by atoms with van der Waals surface area (Å²) < 4.78 is 2.13. The lowest BCUT2D eigenvalue weighted by atomic mass is 9.86. The van der Waals surface area contributed by atoms with Crippen molar-refractivity contribution in [3.8, 4) is 0 Å². The molecule has 1 unspecified atom stereocenters. The normalized spacial score (nSPS) is 13.0. The molecule has 0 amide bonds. The van der Waals surface area contributed by atoms with E-state index in [-0.39, 0.29) is 11.5 Å². The van der Waals surface area contributed by atoms with Gasteiger partial charge in [-0.3, -0.25) is 0 Å². The molecule has 2 rings (SSSR count). The number of hydrogen-bond donors (Lipinski definition) is 1. The van der Waals surface area contributed by atoms with Crippen molar-refractivity contribution in [1.29, 1.82) is 0 Å². The molecule has 0 spiro atoms. The van der Waals surface area contributed by atoms with Crippen molar-refractivity contribution in [2.45, 2.75) is 39.2 Å². The summed E-state index contributed by atoms with van der Waals surface area (Å²) in [5.41, 5.74) is 3.93. The number of benzene rings is 2. The molecule has 0 heterocycles. The number of nitrogens with one attached hydrogen (secondary N) is 1. The van der Waals surface area contributed by atoms with Crippen molar-refractivity contribution in [2.24, 2.45) is 0 Å². The van der Waals surface area contributed by atoms with Crippen LogP contribution in [-0.2, 0) is 5.41 Å². The van der Waals surface area contributed by atoms with Gasteiger partial charge in [-0.1, -0.05) is 51.1 Å². The third-order valence-corrected chi connectivity index (χ3v) is 4.92. The van der Waals surface area contributed by atoms with Crippen LogP contribution in [0.4, 0.5) is 5.69 Å². The Kier molecular flexibility index (Phi) is 5.15. The van der Waals surface area contributed by atoms with Gasteiger partial charge >= 0.3 is 0 Å². The highest BCUT2D eigenvalue weighted by Gasteiger charge is 2.15. The second kappa shape index (κ2) is 6.53. The summed E-state index contributed by atoms with van der Waals surface area (Å²) >= 11 is 7.19. The number of rotatable bonds is 3. The molecule has 21 heavy (non-hydrogen) atoms. The Morgan fingerprint density at radius 3 is 1.90 bits per heavy atom. The zero-order chi connectivity index (χ0) is 15.6. The van der Waals surface area contributed by atoms with Crippen LogP contribution in [0, 0.1) is 0 Å². The minimum Gasteiger partial charge on any atom is -0.377 e. The van der Waals surface area contributed by atoms with Gasteiger partial charge in [0.15, 0.2) is 0 Å². The predicted octanol–water partition coefficient (Wildman–Crippen LogP) is 6.68. The van der Waals surface area contributed by atoms with Crippen LogP contribution < -0.4 is 5.32 Å². The van der Waals surface area contributed by atoms with Gasteiger partial charge in [-0.25, -0.2) is 0 Å². The summed E-state index contributed by atoms with van der Waals surface area (Å²) in [4.78, 5) is 0. The van der Waals surface area contributed by atoms with Gasteiger partial charge in [0.2, 0.25) is 0 Å². The monoisotopic (exact) mass is 409 g/mol. The van der Waals surface area contributed by atoms with Gasteiger partial charge in [0, 0.05) is 15.0 Å². The molecular weight excluding hydrogens is 390 g/mol. The van der Waals surface area contributed by atoms with Gasteiger partial charge in [0.05, 0.1) is 5.69 Å². The quantitative estimate of drug-likeness (QED) is 0.594. The van der Waals surface area contributed by atoms with Gasteiger partial charge < -0.3 is 5.32 Å². The third kappa shape index (κ3) is 4.10. The molecule has 0 aliphatic heterocycles. The summed E-state index contributed by atoms with van der Waals surface area (Å²) in [6.45, 7) is 8.89. The molecular formula is C18H21Br2N. The molecule has 0 bridgehead atoms. The first-order chi connectivity index (χ1) is 9.79. The molecule has 0 aliphatic rings. The van der Waals surface area contributed by atoms with Crippen LogP contribution >= 0.6 is 31.9 Å². The minimum absolute atomic E-state index is 0.195. The van der Waals surface area contributed by atoms with Gasteiger partial charge in [-0.15, -0.1) is 0 Å². The second-order valence-electron chi connectivity index (χ2n) is 6.33. The molecule has 0 saturated carbocycles. The third-order valence-electron chi connectivity index (χ3n) is 3.60. The second-order valence-corrected chi connectivity index (χ2v) is 8.04. The van der Waals surface area contributed by atoms with Gasteiger partial charge in [0.1, 0.15) is 0 Å². The summed E-state index contributed by atoms with van der Waals surface area (Å²) in [6, 6.07) is 15.2. The number of anilines is 1. The fourth-order valence-corrected chi connectivity index (χ4v) is 3.43. The lowest BCUT2D eigenvalue weighted by Crippen LogP contribution is -2.12. The van der Waals surface area contributed by atoms with Gasteiger partial charge in [-0.05, 0) is 67.5 Å². The molecule has 0 fully saturated rings. The van der Waals surface area contributed by atoms with E-state index in [4.69, 9.17) is 0 Å². The lowest BCUT2D eigenvalue weighted by molar-refractivity contribution is 0.589. The van der Waals surface area contributed by atoms with E-state index < -0.39 is 0 Å². The average Bonchev–Trinajstić information content (AvgIpc) is 2.42. The zero-order valence-corrected chi connectivity index (χ0v) is 16.0. The number of halogens is 2. The predicted molar refractivity (Wildman–Crippen MR) is 99.0 cm³/mol. The maximum Gasteiger partial charge on any atom is 0.0633 e. The molecule has 1 nitrogen and oxygen atoms in total. The minimum atomic E-state index is 0.195. The fourth-order valence-electron chi connectivity index (χ4n) is 2.21. The van der Waals surface area contributed by atoms with E-state index in [0.29, 0.717) is 0 Å². The summed E-state index contributed by atoms with van der Waals surface area (Å²) in [5, 5.41) is 3.56. The molecule has 0 aromatic heterocycles. The Morgan fingerprint density at radius 2 is 1.43 bits per heavy atom. The fraction of sp³-hybridized carbons (Fsp3) is 0.333. The van der Waals surface area contributed by atoms with Crippen LogP contribution in [-0.4, -0.2) is 0 Å². The van der Waals surface area contributed by atoms with Gasteiger partial charge in [0.25, 0.3) is 0 Å². The highest BCUT2D eigenvalue weighted by Crippen LogP contribution is 2.33. The topological polar surface area (TPSA) is 12.0 Å².